The molecule has 152 valence electrons. The number of esters is 1. The SMILES string of the molecule is CCOCCOCCNC(=O)CCC(N)C(=O)NCC(=O)OC(C)(C)C. The van der Waals surface area contributed by atoms with Gasteiger partial charge in [0.1, 0.15) is 12.1 Å². The maximum atomic E-state index is 11.8. The minimum Gasteiger partial charge on any atom is -0.459 e. The summed E-state index contributed by atoms with van der Waals surface area (Å²) in [4.78, 5) is 35.0. The molecule has 0 heterocycles. The van der Waals surface area contributed by atoms with Gasteiger partial charge in [-0.15, -0.1) is 0 Å². The van der Waals surface area contributed by atoms with E-state index < -0.39 is 23.5 Å². The zero-order chi connectivity index (χ0) is 20.0. The molecule has 0 aliphatic carbocycles. The average molecular weight is 375 g/mol. The predicted molar refractivity (Wildman–Crippen MR) is 96.4 cm³/mol. The van der Waals surface area contributed by atoms with Crippen molar-refractivity contribution >= 4 is 17.8 Å². The van der Waals surface area contributed by atoms with Crippen molar-refractivity contribution in [2.75, 3.05) is 39.5 Å². The van der Waals surface area contributed by atoms with Crippen LogP contribution in [0.5, 0.6) is 0 Å². The maximum absolute atomic E-state index is 11.8. The first-order chi connectivity index (χ1) is 12.2. The summed E-state index contributed by atoms with van der Waals surface area (Å²) in [5.74, 6) is -1.25. The van der Waals surface area contributed by atoms with E-state index in [2.05, 4.69) is 10.6 Å². The number of nitrogens with one attached hydrogen (secondary N) is 2. The molecule has 9 heteroatoms. The van der Waals surface area contributed by atoms with Crippen molar-refractivity contribution < 1.29 is 28.6 Å². The number of hydrogen-bond donors (Lipinski definition) is 3. The van der Waals surface area contributed by atoms with Crippen LogP contribution in [0.1, 0.15) is 40.5 Å². The van der Waals surface area contributed by atoms with Crippen molar-refractivity contribution in [2.24, 2.45) is 5.73 Å². The van der Waals surface area contributed by atoms with E-state index in [1.807, 2.05) is 6.92 Å². The minimum absolute atomic E-state index is 0.111. The van der Waals surface area contributed by atoms with Crippen LogP contribution in [0.2, 0.25) is 0 Å². The van der Waals surface area contributed by atoms with Crippen LogP contribution in [0.3, 0.4) is 0 Å². The minimum atomic E-state index is -0.870. The summed E-state index contributed by atoms with van der Waals surface area (Å²) in [7, 11) is 0. The summed E-state index contributed by atoms with van der Waals surface area (Å²) in [5, 5.41) is 5.08. The number of carbonyl (C=O) groups excluding carboxylic acids is 3. The lowest BCUT2D eigenvalue weighted by Gasteiger charge is -2.20. The second kappa shape index (κ2) is 13.5. The second-order valence-electron chi connectivity index (χ2n) is 6.61. The topological polar surface area (TPSA) is 129 Å². The normalized spacial score (nSPS) is 12.3. The van der Waals surface area contributed by atoms with E-state index in [4.69, 9.17) is 19.9 Å². The Morgan fingerprint density at radius 3 is 2.31 bits per heavy atom. The van der Waals surface area contributed by atoms with E-state index >= 15 is 0 Å². The fourth-order valence-electron chi connectivity index (χ4n) is 1.80. The number of rotatable bonds is 13. The zero-order valence-electron chi connectivity index (χ0n) is 16.3. The highest BCUT2D eigenvalue weighted by atomic mass is 16.6. The molecule has 9 nitrogen and oxygen atoms in total. The lowest BCUT2D eigenvalue weighted by Crippen LogP contribution is -2.44. The van der Waals surface area contributed by atoms with Gasteiger partial charge >= 0.3 is 5.97 Å². The molecule has 0 spiro atoms. The molecule has 0 saturated heterocycles. The van der Waals surface area contributed by atoms with Crippen LogP contribution < -0.4 is 16.4 Å². The van der Waals surface area contributed by atoms with Gasteiger partial charge in [0, 0.05) is 19.6 Å². The maximum Gasteiger partial charge on any atom is 0.325 e. The summed E-state index contributed by atoms with van der Waals surface area (Å²) in [5.41, 5.74) is 5.10. The van der Waals surface area contributed by atoms with Crippen LogP contribution in [-0.4, -0.2) is 68.9 Å². The Labute approximate surface area is 155 Å². The van der Waals surface area contributed by atoms with Crippen molar-refractivity contribution in [1.82, 2.24) is 10.6 Å². The Bertz CT molecular complexity index is 437. The molecule has 1 atom stereocenters. The van der Waals surface area contributed by atoms with E-state index in [-0.39, 0.29) is 25.3 Å². The number of ether oxygens (including phenoxy) is 3. The summed E-state index contributed by atoms with van der Waals surface area (Å²) < 4.78 is 15.5. The van der Waals surface area contributed by atoms with Gasteiger partial charge in [-0.25, -0.2) is 0 Å². The highest BCUT2D eigenvalue weighted by molar-refractivity contribution is 5.86. The first-order valence-electron chi connectivity index (χ1n) is 8.83. The third-order valence-corrected chi connectivity index (χ3v) is 2.99. The van der Waals surface area contributed by atoms with E-state index in [0.29, 0.717) is 33.0 Å². The van der Waals surface area contributed by atoms with Crippen LogP contribution in [0.4, 0.5) is 0 Å². The van der Waals surface area contributed by atoms with Crippen molar-refractivity contribution in [3.63, 3.8) is 0 Å². The standard InChI is InChI=1S/C17H33N3O6/c1-5-24-10-11-25-9-8-19-14(21)7-6-13(18)16(23)20-12-15(22)26-17(2,3)4/h13H,5-12,18H2,1-4H3,(H,19,21)(H,20,23). The molecule has 26 heavy (non-hydrogen) atoms. The van der Waals surface area contributed by atoms with Gasteiger partial charge in [-0.3, -0.25) is 14.4 Å². The van der Waals surface area contributed by atoms with E-state index in [9.17, 15) is 14.4 Å². The monoisotopic (exact) mass is 375 g/mol. The molecule has 0 fully saturated rings. The van der Waals surface area contributed by atoms with E-state index in [1.165, 1.54) is 0 Å². The van der Waals surface area contributed by atoms with Gasteiger partial charge in [0.25, 0.3) is 0 Å². The van der Waals surface area contributed by atoms with Crippen LogP contribution in [0.15, 0.2) is 0 Å². The molecule has 0 rings (SSSR count). The first-order valence-corrected chi connectivity index (χ1v) is 8.83. The molecule has 4 N–H and O–H groups in total. The molecule has 2 amide bonds. The Morgan fingerprint density at radius 2 is 1.69 bits per heavy atom. The third kappa shape index (κ3) is 14.6. The van der Waals surface area contributed by atoms with Gasteiger partial charge in [-0.2, -0.15) is 0 Å². The smallest absolute Gasteiger partial charge is 0.325 e. The van der Waals surface area contributed by atoms with E-state index in [1.54, 1.807) is 20.8 Å². The number of amides is 2. The summed E-state index contributed by atoms with van der Waals surface area (Å²) in [6.45, 7) is 9.28. The van der Waals surface area contributed by atoms with Gasteiger partial charge in [-0.1, -0.05) is 0 Å². The molecule has 0 saturated carbocycles. The lowest BCUT2D eigenvalue weighted by atomic mass is 10.1. The Hall–Kier alpha value is -1.71. The Kier molecular flexibility index (Phi) is 12.6. The van der Waals surface area contributed by atoms with Crippen LogP contribution in [-0.2, 0) is 28.6 Å². The molecular weight excluding hydrogens is 342 g/mol. The molecule has 0 radical (unpaired) electrons. The lowest BCUT2D eigenvalue weighted by molar-refractivity contribution is -0.154. The van der Waals surface area contributed by atoms with Crippen molar-refractivity contribution in [3.8, 4) is 0 Å². The highest BCUT2D eigenvalue weighted by Gasteiger charge is 2.19. The van der Waals surface area contributed by atoms with Gasteiger partial charge in [-0.05, 0) is 34.1 Å². The zero-order valence-corrected chi connectivity index (χ0v) is 16.3. The van der Waals surface area contributed by atoms with Gasteiger partial charge in [0.15, 0.2) is 0 Å². The second-order valence-corrected chi connectivity index (χ2v) is 6.61. The quantitative estimate of drug-likeness (QED) is 0.298. The van der Waals surface area contributed by atoms with E-state index in [0.717, 1.165) is 0 Å². The number of hydrogen-bond acceptors (Lipinski definition) is 7. The Morgan fingerprint density at radius 1 is 1.04 bits per heavy atom. The van der Waals surface area contributed by atoms with Crippen LogP contribution in [0.25, 0.3) is 0 Å². The molecule has 0 aromatic rings. The molecular formula is C17H33N3O6. The Balaban J connectivity index is 3.78. The van der Waals surface area contributed by atoms with Crippen molar-refractivity contribution in [2.45, 2.75) is 52.2 Å². The summed E-state index contributed by atoms with van der Waals surface area (Å²) >= 11 is 0. The molecule has 0 aromatic carbocycles. The summed E-state index contributed by atoms with van der Waals surface area (Å²) in [6.07, 6.45) is 0.289. The molecule has 0 aliphatic heterocycles. The van der Waals surface area contributed by atoms with Crippen LogP contribution in [0, 0.1) is 0 Å². The summed E-state index contributed by atoms with van der Waals surface area (Å²) in [6, 6.07) is -0.870. The number of carbonyl (C=O) groups is 3. The highest BCUT2D eigenvalue weighted by Crippen LogP contribution is 2.06. The molecule has 0 aliphatic rings. The van der Waals surface area contributed by atoms with Crippen molar-refractivity contribution in [1.29, 1.82) is 0 Å². The third-order valence-electron chi connectivity index (χ3n) is 2.99. The van der Waals surface area contributed by atoms with Gasteiger partial charge < -0.3 is 30.6 Å². The average Bonchev–Trinajstić information content (AvgIpc) is 2.55. The predicted octanol–water partition coefficient (Wildman–Crippen LogP) is -0.279. The van der Waals surface area contributed by atoms with Crippen molar-refractivity contribution in [3.05, 3.63) is 0 Å². The fraction of sp³-hybridized carbons (Fsp3) is 0.824. The van der Waals surface area contributed by atoms with Crippen LogP contribution >= 0.6 is 0 Å². The molecule has 0 aromatic heterocycles. The fourth-order valence-corrected chi connectivity index (χ4v) is 1.80. The molecule has 1 unspecified atom stereocenters. The van der Waals surface area contributed by atoms with Gasteiger partial charge in [0.2, 0.25) is 11.8 Å². The largest absolute Gasteiger partial charge is 0.459 e. The molecule has 0 bridgehead atoms. The first kappa shape index (κ1) is 24.3. The van der Waals surface area contributed by atoms with Gasteiger partial charge in [0.05, 0.1) is 25.9 Å². The number of nitrogens with two attached hydrogens (primary N) is 1.